The predicted molar refractivity (Wildman–Crippen MR) is 112 cm³/mol. The Kier molecular flexibility index (Phi) is 6.44. The third kappa shape index (κ3) is 4.18. The Morgan fingerprint density at radius 2 is 2.07 bits per heavy atom. The highest BCUT2D eigenvalue weighted by Crippen LogP contribution is 2.32. The van der Waals surface area contributed by atoms with Crippen LogP contribution < -0.4 is 15.6 Å². The maximum absolute atomic E-state index is 12.9. The molecule has 2 heterocycles. The van der Waals surface area contributed by atoms with Crippen molar-refractivity contribution in [3.05, 3.63) is 34.7 Å². The van der Waals surface area contributed by atoms with Gasteiger partial charge in [-0.2, -0.15) is 4.31 Å². The van der Waals surface area contributed by atoms with Crippen LogP contribution >= 0.6 is 0 Å². The van der Waals surface area contributed by atoms with Crippen molar-refractivity contribution < 1.29 is 22.7 Å². The van der Waals surface area contributed by atoms with E-state index in [2.05, 4.69) is 15.3 Å². The highest BCUT2D eigenvalue weighted by Gasteiger charge is 2.23. The van der Waals surface area contributed by atoms with Crippen molar-refractivity contribution in [1.82, 2.24) is 19.6 Å². The molecule has 1 aromatic carbocycles. The summed E-state index contributed by atoms with van der Waals surface area (Å²) in [6.07, 6.45) is 1.10. The first kappa shape index (κ1) is 21.8. The van der Waals surface area contributed by atoms with Crippen molar-refractivity contribution >= 4 is 38.0 Å². The molecule has 0 saturated heterocycles. The molecule has 11 heteroatoms. The van der Waals surface area contributed by atoms with Crippen molar-refractivity contribution in [2.45, 2.75) is 18.2 Å². The number of carbonyl (C=O) groups excluding carboxylic acids is 1. The lowest BCUT2D eigenvalue weighted by Crippen LogP contribution is -2.32. The van der Waals surface area contributed by atoms with E-state index in [1.807, 2.05) is 6.92 Å². The number of sulfonamides is 1. The number of H-pyrrole nitrogens is 2. The summed E-state index contributed by atoms with van der Waals surface area (Å²) in [6, 6.07) is 4.40. The van der Waals surface area contributed by atoms with Gasteiger partial charge in [-0.15, -0.1) is 0 Å². The van der Waals surface area contributed by atoms with E-state index in [9.17, 15) is 18.0 Å². The number of ether oxygens (including phenoxy) is 2. The lowest BCUT2D eigenvalue weighted by Gasteiger charge is -2.17. The van der Waals surface area contributed by atoms with Gasteiger partial charge in [0.1, 0.15) is 5.52 Å². The number of fused-ring (bicyclic) bond motifs is 3. The Morgan fingerprint density at radius 3 is 2.77 bits per heavy atom. The zero-order valence-corrected chi connectivity index (χ0v) is 17.8. The second-order valence-electron chi connectivity index (χ2n) is 6.70. The van der Waals surface area contributed by atoms with Crippen LogP contribution in [-0.4, -0.2) is 62.6 Å². The van der Waals surface area contributed by atoms with E-state index < -0.39 is 21.7 Å². The van der Waals surface area contributed by atoms with Gasteiger partial charge in [0.25, 0.3) is 5.56 Å². The summed E-state index contributed by atoms with van der Waals surface area (Å²) >= 11 is 0. The minimum atomic E-state index is -3.75. The monoisotopic (exact) mass is 436 g/mol. The van der Waals surface area contributed by atoms with Crippen LogP contribution in [0.2, 0.25) is 0 Å². The number of pyridine rings is 1. The molecule has 30 heavy (non-hydrogen) atoms. The van der Waals surface area contributed by atoms with Crippen molar-refractivity contribution in [2.75, 3.05) is 33.8 Å². The molecule has 0 saturated carbocycles. The lowest BCUT2D eigenvalue weighted by molar-refractivity contribution is 0.0997. The van der Waals surface area contributed by atoms with Crippen LogP contribution in [0.5, 0.6) is 5.75 Å². The standard InChI is InChI=1S/C19H24N4O6S/c1-4-9-28-19(25)29-15-11-21-17-16(15)13-10-12(5-6-14(13)22-18(17)24)30(26,27)23(3)8-7-20-2/h5-6,10-11,20-21H,4,7-9H2,1-3H3,(H,22,24). The van der Waals surface area contributed by atoms with E-state index in [0.717, 1.165) is 0 Å². The smallest absolute Gasteiger partial charge is 0.434 e. The lowest BCUT2D eigenvalue weighted by atomic mass is 10.1. The van der Waals surface area contributed by atoms with Crippen LogP contribution in [-0.2, 0) is 14.8 Å². The van der Waals surface area contributed by atoms with Crippen LogP contribution in [0.1, 0.15) is 13.3 Å². The largest absolute Gasteiger partial charge is 0.513 e. The number of aromatic amines is 2. The Bertz CT molecular complexity index is 1230. The molecule has 10 nitrogen and oxygen atoms in total. The molecule has 0 amide bonds. The van der Waals surface area contributed by atoms with Crippen molar-refractivity contribution in [3.63, 3.8) is 0 Å². The van der Waals surface area contributed by atoms with Crippen LogP contribution in [0.3, 0.4) is 0 Å². The van der Waals surface area contributed by atoms with Crippen molar-refractivity contribution in [3.8, 4) is 5.75 Å². The summed E-state index contributed by atoms with van der Waals surface area (Å²) in [5.41, 5.74) is 0.158. The summed E-state index contributed by atoms with van der Waals surface area (Å²) in [5, 5.41) is 3.63. The number of aromatic nitrogens is 2. The number of hydrogen-bond acceptors (Lipinski definition) is 7. The summed E-state index contributed by atoms with van der Waals surface area (Å²) in [6.45, 7) is 2.83. The fourth-order valence-electron chi connectivity index (χ4n) is 2.99. The number of hydrogen-bond donors (Lipinski definition) is 3. The quantitative estimate of drug-likeness (QED) is 0.458. The van der Waals surface area contributed by atoms with Gasteiger partial charge < -0.3 is 24.8 Å². The predicted octanol–water partition coefficient (Wildman–Crippen LogP) is 1.77. The number of nitrogens with zero attached hydrogens (tertiary/aromatic N) is 1. The van der Waals surface area contributed by atoms with E-state index >= 15 is 0 Å². The van der Waals surface area contributed by atoms with Gasteiger partial charge in [0.15, 0.2) is 5.75 Å². The van der Waals surface area contributed by atoms with Crippen molar-refractivity contribution in [1.29, 1.82) is 0 Å². The maximum atomic E-state index is 12.9. The average Bonchev–Trinajstić information content (AvgIpc) is 3.14. The van der Waals surface area contributed by atoms with Gasteiger partial charge in [0.2, 0.25) is 10.0 Å². The van der Waals surface area contributed by atoms with Gasteiger partial charge in [-0.25, -0.2) is 13.2 Å². The normalized spacial score (nSPS) is 12.0. The number of likely N-dealkylation sites (N-methyl/N-ethyl adjacent to an activating group) is 2. The molecule has 2 aromatic heterocycles. The molecule has 3 aromatic rings. The Hall–Kier alpha value is -2.89. The van der Waals surface area contributed by atoms with E-state index in [0.29, 0.717) is 35.8 Å². The van der Waals surface area contributed by atoms with Crippen molar-refractivity contribution in [2.24, 2.45) is 0 Å². The average molecular weight is 436 g/mol. The zero-order chi connectivity index (χ0) is 21.9. The van der Waals surface area contributed by atoms with Gasteiger partial charge in [0, 0.05) is 37.2 Å². The van der Waals surface area contributed by atoms with Crippen LogP contribution in [0.25, 0.3) is 21.8 Å². The van der Waals surface area contributed by atoms with E-state index in [4.69, 9.17) is 9.47 Å². The molecule has 0 spiro atoms. The third-order valence-electron chi connectivity index (χ3n) is 4.58. The number of rotatable bonds is 8. The highest BCUT2D eigenvalue weighted by molar-refractivity contribution is 7.89. The first-order valence-corrected chi connectivity index (χ1v) is 10.9. The first-order valence-electron chi connectivity index (χ1n) is 9.42. The van der Waals surface area contributed by atoms with Gasteiger partial charge in [0.05, 0.1) is 16.9 Å². The SMILES string of the molecule is CCCOC(=O)Oc1c[nH]c2c(=O)[nH]c3ccc(S(=O)(=O)N(C)CCNC)cc3c12. The molecule has 3 N–H and O–H groups in total. The molecular weight excluding hydrogens is 412 g/mol. The molecule has 0 bridgehead atoms. The molecule has 0 aliphatic rings. The molecule has 0 radical (unpaired) electrons. The van der Waals surface area contributed by atoms with E-state index in [1.54, 1.807) is 7.05 Å². The molecule has 0 unspecified atom stereocenters. The zero-order valence-electron chi connectivity index (χ0n) is 16.9. The second kappa shape index (κ2) is 8.86. The minimum absolute atomic E-state index is 0.0580. The van der Waals surface area contributed by atoms with Crippen LogP contribution in [0, 0.1) is 0 Å². The van der Waals surface area contributed by atoms with Crippen LogP contribution in [0.4, 0.5) is 4.79 Å². The topological polar surface area (TPSA) is 134 Å². The Balaban J connectivity index is 2.12. The number of nitrogens with one attached hydrogen (secondary N) is 3. The summed E-state index contributed by atoms with van der Waals surface area (Å²) in [7, 11) is -0.521. The molecule has 0 aliphatic heterocycles. The van der Waals surface area contributed by atoms with E-state index in [-0.39, 0.29) is 22.8 Å². The Labute approximate surface area is 173 Å². The fraction of sp³-hybridized carbons (Fsp3) is 0.368. The number of carbonyl (C=O) groups is 1. The molecule has 162 valence electrons. The Morgan fingerprint density at radius 1 is 1.30 bits per heavy atom. The summed E-state index contributed by atoms with van der Waals surface area (Å²) in [5.74, 6) is 0.0836. The second-order valence-corrected chi connectivity index (χ2v) is 8.74. The van der Waals surface area contributed by atoms with Gasteiger partial charge in [-0.3, -0.25) is 4.79 Å². The van der Waals surface area contributed by atoms with Gasteiger partial charge in [-0.05, 0) is 31.7 Å². The minimum Gasteiger partial charge on any atom is -0.434 e. The first-order chi connectivity index (χ1) is 14.3. The van der Waals surface area contributed by atoms with Gasteiger partial charge >= 0.3 is 6.16 Å². The maximum Gasteiger partial charge on any atom is 0.513 e. The van der Waals surface area contributed by atoms with E-state index in [1.165, 1.54) is 35.7 Å². The summed E-state index contributed by atoms with van der Waals surface area (Å²) in [4.78, 5) is 29.8. The summed E-state index contributed by atoms with van der Waals surface area (Å²) < 4.78 is 37.3. The highest BCUT2D eigenvalue weighted by atomic mass is 32.2. The molecule has 3 rings (SSSR count). The number of benzene rings is 1. The molecule has 0 aliphatic carbocycles. The molecule has 0 atom stereocenters. The van der Waals surface area contributed by atoms with Crippen LogP contribution in [0.15, 0.2) is 34.1 Å². The third-order valence-corrected chi connectivity index (χ3v) is 6.43. The molecular formula is C19H24N4O6S. The van der Waals surface area contributed by atoms with Gasteiger partial charge in [-0.1, -0.05) is 6.92 Å². The fourth-order valence-corrected chi connectivity index (χ4v) is 4.19. The molecule has 0 fully saturated rings.